The van der Waals surface area contributed by atoms with E-state index in [0.29, 0.717) is 30.1 Å². The molecule has 1 aromatic carbocycles. The molecule has 0 spiro atoms. The monoisotopic (exact) mass is 335 g/mol. The number of thiazole rings is 1. The molecule has 23 heavy (non-hydrogen) atoms. The molecule has 1 heterocycles. The first kappa shape index (κ1) is 17.6. The van der Waals surface area contributed by atoms with E-state index in [1.165, 1.54) is 17.4 Å². The molecule has 0 aliphatic rings. The second kappa shape index (κ2) is 9.37. The van der Waals surface area contributed by atoms with Crippen LogP contribution in [0.5, 0.6) is 0 Å². The second-order valence-electron chi connectivity index (χ2n) is 5.40. The number of nitrogens with zero attached hydrogens (tertiary/aromatic N) is 1. The van der Waals surface area contributed by atoms with E-state index >= 15 is 0 Å². The zero-order valence-corrected chi connectivity index (χ0v) is 13.9. The molecule has 0 bridgehead atoms. The molecule has 3 N–H and O–H groups in total. The Labute approximate surface area is 139 Å². The molecule has 4 nitrogen and oxygen atoms in total. The van der Waals surface area contributed by atoms with Crippen LogP contribution in [0.4, 0.5) is 9.52 Å². The summed E-state index contributed by atoms with van der Waals surface area (Å²) in [6.07, 6.45) is 6.61. The fourth-order valence-electron chi connectivity index (χ4n) is 2.24. The molecule has 0 aliphatic heterocycles. The first-order valence-electron chi connectivity index (χ1n) is 7.87. The average Bonchev–Trinajstić information content (AvgIpc) is 2.96. The first-order chi connectivity index (χ1) is 11.2. The Hall–Kier alpha value is -1.79. The largest absolute Gasteiger partial charge is 0.330 e. The third-order valence-electron chi connectivity index (χ3n) is 3.48. The highest BCUT2D eigenvalue weighted by Gasteiger charge is 2.09. The molecule has 0 fully saturated rings. The van der Waals surface area contributed by atoms with Crippen LogP contribution in [-0.2, 0) is 11.2 Å². The Morgan fingerprint density at radius 2 is 2.00 bits per heavy atom. The molecule has 0 unspecified atom stereocenters. The third-order valence-corrected chi connectivity index (χ3v) is 4.39. The molecule has 0 saturated heterocycles. The molecular weight excluding hydrogens is 313 g/mol. The first-order valence-corrected chi connectivity index (χ1v) is 8.68. The van der Waals surface area contributed by atoms with E-state index in [0.717, 1.165) is 30.6 Å². The SMILES string of the molecule is NCCCCCCC(=O)Nc1ncc(Cc2ccccc2F)s1. The summed E-state index contributed by atoms with van der Waals surface area (Å²) in [7, 11) is 0. The number of amides is 1. The second-order valence-corrected chi connectivity index (χ2v) is 6.52. The lowest BCUT2D eigenvalue weighted by Crippen LogP contribution is -2.10. The van der Waals surface area contributed by atoms with Gasteiger partial charge in [-0.25, -0.2) is 9.37 Å². The lowest BCUT2D eigenvalue weighted by atomic mass is 10.1. The number of hydrogen-bond acceptors (Lipinski definition) is 4. The van der Waals surface area contributed by atoms with E-state index in [2.05, 4.69) is 10.3 Å². The van der Waals surface area contributed by atoms with E-state index in [1.807, 2.05) is 6.07 Å². The van der Waals surface area contributed by atoms with Gasteiger partial charge in [0.15, 0.2) is 5.13 Å². The van der Waals surface area contributed by atoms with Crippen LogP contribution in [0.3, 0.4) is 0 Å². The lowest BCUT2D eigenvalue weighted by Gasteiger charge is -2.02. The number of carbonyl (C=O) groups is 1. The fourth-order valence-corrected chi connectivity index (χ4v) is 3.09. The van der Waals surface area contributed by atoms with Gasteiger partial charge in [-0.2, -0.15) is 0 Å². The van der Waals surface area contributed by atoms with Crippen molar-refractivity contribution < 1.29 is 9.18 Å². The van der Waals surface area contributed by atoms with Crippen LogP contribution in [-0.4, -0.2) is 17.4 Å². The summed E-state index contributed by atoms with van der Waals surface area (Å²) in [5.41, 5.74) is 6.06. The van der Waals surface area contributed by atoms with Gasteiger partial charge in [-0.05, 0) is 31.0 Å². The van der Waals surface area contributed by atoms with E-state index in [-0.39, 0.29) is 11.7 Å². The number of nitrogens with two attached hydrogens (primary N) is 1. The molecule has 0 saturated carbocycles. The van der Waals surface area contributed by atoms with Gasteiger partial charge in [-0.15, -0.1) is 11.3 Å². The van der Waals surface area contributed by atoms with Crippen molar-refractivity contribution in [1.82, 2.24) is 4.98 Å². The Morgan fingerprint density at radius 3 is 2.78 bits per heavy atom. The van der Waals surface area contributed by atoms with Crippen molar-refractivity contribution in [2.45, 2.75) is 38.5 Å². The molecule has 124 valence electrons. The number of nitrogens with one attached hydrogen (secondary N) is 1. The predicted octanol–water partition coefficient (Wildman–Crippen LogP) is 3.72. The van der Waals surface area contributed by atoms with E-state index < -0.39 is 0 Å². The Morgan fingerprint density at radius 1 is 1.22 bits per heavy atom. The van der Waals surface area contributed by atoms with Gasteiger partial charge in [-0.3, -0.25) is 4.79 Å². The standard InChI is InChI=1S/C17H22FN3OS/c18-15-8-5-4-7-13(15)11-14-12-20-17(23-14)21-16(22)9-3-1-2-6-10-19/h4-5,7-8,12H,1-3,6,9-11,19H2,(H,20,21,22). The van der Waals surface area contributed by atoms with Gasteiger partial charge in [-0.1, -0.05) is 31.0 Å². The minimum atomic E-state index is -0.219. The Kier molecular flexibility index (Phi) is 7.16. The molecule has 0 atom stereocenters. The number of benzene rings is 1. The van der Waals surface area contributed by atoms with Crippen LogP contribution in [0.15, 0.2) is 30.5 Å². The number of hydrogen-bond donors (Lipinski definition) is 2. The van der Waals surface area contributed by atoms with Crippen LogP contribution >= 0.6 is 11.3 Å². The summed E-state index contributed by atoms with van der Waals surface area (Å²) in [4.78, 5) is 16.9. The van der Waals surface area contributed by atoms with Crippen molar-refractivity contribution in [2.24, 2.45) is 5.73 Å². The highest BCUT2D eigenvalue weighted by molar-refractivity contribution is 7.15. The fraction of sp³-hybridized carbons (Fsp3) is 0.412. The molecule has 0 radical (unpaired) electrons. The minimum absolute atomic E-state index is 0.0236. The van der Waals surface area contributed by atoms with Crippen LogP contribution in [0.25, 0.3) is 0 Å². The maximum atomic E-state index is 13.6. The quantitative estimate of drug-likeness (QED) is 0.686. The molecule has 2 rings (SSSR count). The number of aromatic nitrogens is 1. The van der Waals surface area contributed by atoms with Crippen LogP contribution in [0, 0.1) is 5.82 Å². The molecule has 1 amide bonds. The van der Waals surface area contributed by atoms with Crippen LogP contribution in [0.1, 0.15) is 42.5 Å². The zero-order chi connectivity index (χ0) is 16.5. The Balaban J connectivity index is 1.78. The predicted molar refractivity (Wildman–Crippen MR) is 92.1 cm³/mol. The van der Waals surface area contributed by atoms with Crippen molar-refractivity contribution in [3.8, 4) is 0 Å². The van der Waals surface area contributed by atoms with Crippen molar-refractivity contribution >= 4 is 22.4 Å². The number of halogens is 1. The number of rotatable bonds is 9. The number of unbranched alkanes of at least 4 members (excludes halogenated alkanes) is 3. The van der Waals surface area contributed by atoms with Crippen molar-refractivity contribution in [3.05, 3.63) is 46.7 Å². The summed E-state index contributed by atoms with van der Waals surface area (Å²) in [5, 5.41) is 3.38. The normalized spacial score (nSPS) is 10.7. The van der Waals surface area contributed by atoms with Crippen molar-refractivity contribution in [3.63, 3.8) is 0 Å². The maximum absolute atomic E-state index is 13.6. The molecule has 6 heteroatoms. The summed E-state index contributed by atoms with van der Waals surface area (Å²) >= 11 is 1.39. The molecular formula is C17H22FN3OS. The summed E-state index contributed by atoms with van der Waals surface area (Å²) in [5.74, 6) is -0.242. The highest BCUT2D eigenvalue weighted by atomic mass is 32.1. The van der Waals surface area contributed by atoms with Gasteiger partial charge in [0.25, 0.3) is 0 Å². The smallest absolute Gasteiger partial charge is 0.226 e. The third kappa shape index (κ3) is 6.08. The zero-order valence-electron chi connectivity index (χ0n) is 13.1. The molecule has 2 aromatic rings. The Bertz CT molecular complexity index is 630. The topological polar surface area (TPSA) is 68.0 Å². The number of carbonyl (C=O) groups excluding carboxylic acids is 1. The lowest BCUT2D eigenvalue weighted by molar-refractivity contribution is -0.116. The number of anilines is 1. The van der Waals surface area contributed by atoms with Gasteiger partial charge < -0.3 is 11.1 Å². The van der Waals surface area contributed by atoms with Gasteiger partial charge in [0.2, 0.25) is 5.91 Å². The average molecular weight is 335 g/mol. The summed E-state index contributed by atoms with van der Waals surface area (Å²) < 4.78 is 13.6. The summed E-state index contributed by atoms with van der Waals surface area (Å²) in [6, 6.07) is 6.69. The highest BCUT2D eigenvalue weighted by Crippen LogP contribution is 2.22. The summed E-state index contributed by atoms with van der Waals surface area (Å²) in [6.45, 7) is 0.704. The van der Waals surface area contributed by atoms with Gasteiger partial charge >= 0.3 is 0 Å². The van der Waals surface area contributed by atoms with E-state index in [9.17, 15) is 9.18 Å². The van der Waals surface area contributed by atoms with Gasteiger partial charge in [0, 0.05) is 23.9 Å². The van der Waals surface area contributed by atoms with Gasteiger partial charge in [0.1, 0.15) is 5.82 Å². The van der Waals surface area contributed by atoms with Crippen LogP contribution in [0.2, 0.25) is 0 Å². The molecule has 1 aromatic heterocycles. The molecule has 0 aliphatic carbocycles. The van der Waals surface area contributed by atoms with E-state index in [1.54, 1.807) is 18.3 Å². The maximum Gasteiger partial charge on any atom is 0.226 e. The van der Waals surface area contributed by atoms with Gasteiger partial charge in [0.05, 0.1) is 0 Å². The van der Waals surface area contributed by atoms with Crippen molar-refractivity contribution in [2.75, 3.05) is 11.9 Å². The van der Waals surface area contributed by atoms with Crippen molar-refractivity contribution in [1.29, 1.82) is 0 Å². The minimum Gasteiger partial charge on any atom is -0.330 e. The van der Waals surface area contributed by atoms with E-state index in [4.69, 9.17) is 5.73 Å². The van der Waals surface area contributed by atoms with Crippen LogP contribution < -0.4 is 11.1 Å².